The highest BCUT2D eigenvalue weighted by molar-refractivity contribution is 7.99. The molecule has 19 heavy (non-hydrogen) atoms. The minimum absolute atomic E-state index is 0.0295. The smallest absolute Gasteiger partial charge is 0.171 e. The molecule has 1 heterocycles. The van der Waals surface area contributed by atoms with E-state index in [2.05, 4.69) is 10.1 Å². The van der Waals surface area contributed by atoms with Crippen molar-refractivity contribution in [3.63, 3.8) is 0 Å². The quantitative estimate of drug-likeness (QED) is 0.394. The summed E-state index contributed by atoms with van der Waals surface area (Å²) in [7, 11) is 0. The van der Waals surface area contributed by atoms with Gasteiger partial charge >= 0.3 is 0 Å². The summed E-state index contributed by atoms with van der Waals surface area (Å²) < 4.78 is 0. The lowest BCUT2D eigenvalue weighted by atomic mass is 10.2. The summed E-state index contributed by atoms with van der Waals surface area (Å²) in [6.45, 7) is 2.03. The molecule has 0 fully saturated rings. The van der Waals surface area contributed by atoms with Crippen molar-refractivity contribution in [2.75, 3.05) is 0 Å². The van der Waals surface area contributed by atoms with Gasteiger partial charge in [-0.2, -0.15) is 0 Å². The van der Waals surface area contributed by atoms with E-state index in [0.717, 1.165) is 4.90 Å². The molecule has 0 spiro atoms. The second kappa shape index (κ2) is 5.95. The molecule has 0 radical (unpaired) electrons. The summed E-state index contributed by atoms with van der Waals surface area (Å²) in [4.78, 5) is 5.24. The van der Waals surface area contributed by atoms with Crippen LogP contribution in [-0.4, -0.2) is 16.0 Å². The van der Waals surface area contributed by atoms with Crippen LogP contribution in [0.3, 0.4) is 0 Å². The van der Waals surface area contributed by atoms with Crippen LogP contribution >= 0.6 is 23.4 Å². The fourth-order valence-corrected chi connectivity index (χ4v) is 2.60. The van der Waals surface area contributed by atoms with Gasteiger partial charge < -0.3 is 10.9 Å². The van der Waals surface area contributed by atoms with Gasteiger partial charge in [0, 0.05) is 16.7 Å². The third-order valence-corrected chi connectivity index (χ3v) is 3.98. The van der Waals surface area contributed by atoms with Crippen molar-refractivity contribution in [3.05, 3.63) is 52.7 Å². The van der Waals surface area contributed by atoms with Gasteiger partial charge in [-0.3, -0.25) is 0 Å². The molecule has 1 aromatic heterocycles. The highest BCUT2D eigenvalue weighted by atomic mass is 35.5. The summed E-state index contributed by atoms with van der Waals surface area (Å²) in [5.74, 6) is -0.0295. The molecule has 0 aliphatic carbocycles. The van der Waals surface area contributed by atoms with Crippen LogP contribution < -0.4 is 5.73 Å². The molecule has 1 aromatic carbocycles. The molecule has 0 aliphatic heterocycles. The Morgan fingerprint density at radius 2 is 2.00 bits per heavy atom. The number of nitrogens with two attached hydrogens (primary N) is 1. The number of benzene rings is 1. The van der Waals surface area contributed by atoms with E-state index in [9.17, 15) is 0 Å². The maximum Gasteiger partial charge on any atom is 0.171 e. The van der Waals surface area contributed by atoms with E-state index >= 15 is 0 Å². The van der Waals surface area contributed by atoms with E-state index in [1.165, 1.54) is 17.3 Å². The molecule has 3 N–H and O–H groups in total. The van der Waals surface area contributed by atoms with E-state index in [-0.39, 0.29) is 5.84 Å². The van der Waals surface area contributed by atoms with Crippen LogP contribution in [0.1, 0.15) is 11.1 Å². The first-order chi connectivity index (χ1) is 9.11. The van der Waals surface area contributed by atoms with Gasteiger partial charge in [-0.25, -0.2) is 4.98 Å². The fourth-order valence-electron chi connectivity index (χ4n) is 1.47. The molecule has 0 aliphatic rings. The molecule has 0 amide bonds. The average molecular weight is 294 g/mol. The van der Waals surface area contributed by atoms with Crippen molar-refractivity contribution >= 4 is 29.2 Å². The van der Waals surface area contributed by atoms with Gasteiger partial charge in [0.25, 0.3) is 0 Å². The van der Waals surface area contributed by atoms with Gasteiger partial charge in [0.15, 0.2) is 5.84 Å². The number of pyridine rings is 1. The average Bonchev–Trinajstić information content (AvgIpc) is 2.43. The number of nitrogens with zero attached hydrogens (tertiary/aromatic N) is 2. The lowest BCUT2D eigenvalue weighted by molar-refractivity contribution is 0.318. The van der Waals surface area contributed by atoms with E-state index < -0.39 is 0 Å². The lowest BCUT2D eigenvalue weighted by Gasteiger charge is -2.07. The molecule has 2 rings (SSSR count). The number of rotatable bonds is 3. The van der Waals surface area contributed by atoms with Gasteiger partial charge in [-0.1, -0.05) is 46.2 Å². The number of oxime groups is 1. The van der Waals surface area contributed by atoms with Crippen LogP contribution in [0.2, 0.25) is 5.02 Å². The summed E-state index contributed by atoms with van der Waals surface area (Å²) >= 11 is 7.64. The zero-order chi connectivity index (χ0) is 13.8. The Bertz CT molecular complexity index is 614. The molecule has 4 nitrogen and oxygen atoms in total. The first-order valence-electron chi connectivity index (χ1n) is 5.48. The van der Waals surface area contributed by atoms with Crippen LogP contribution in [0, 0.1) is 6.92 Å². The van der Waals surface area contributed by atoms with Crippen molar-refractivity contribution in [1.82, 2.24) is 4.98 Å². The standard InChI is InChI=1S/C13H12ClN3OS/c1-8-2-4-9(5-3-8)19-13-11(14)10(6-7-16-13)12(15)17-18/h2-7,18H,1H3,(H2,15,17). The van der Waals surface area contributed by atoms with Crippen molar-refractivity contribution in [2.24, 2.45) is 10.9 Å². The summed E-state index contributed by atoms with van der Waals surface area (Å²) in [6, 6.07) is 9.63. The maximum absolute atomic E-state index is 8.70. The van der Waals surface area contributed by atoms with E-state index in [4.69, 9.17) is 22.5 Å². The molecule has 0 saturated carbocycles. The largest absolute Gasteiger partial charge is 0.409 e. The highest BCUT2D eigenvalue weighted by Gasteiger charge is 2.12. The Balaban J connectivity index is 2.33. The molecule has 0 atom stereocenters. The molecule has 0 bridgehead atoms. The van der Waals surface area contributed by atoms with Gasteiger partial charge in [0.1, 0.15) is 5.03 Å². The Hall–Kier alpha value is -1.72. The number of hydrogen-bond donors (Lipinski definition) is 2. The third-order valence-electron chi connectivity index (χ3n) is 2.48. The maximum atomic E-state index is 8.70. The number of hydrogen-bond acceptors (Lipinski definition) is 4. The van der Waals surface area contributed by atoms with Crippen LogP contribution in [0.15, 0.2) is 51.6 Å². The Kier molecular flexibility index (Phi) is 4.29. The van der Waals surface area contributed by atoms with Crippen LogP contribution in [0.4, 0.5) is 0 Å². The van der Waals surface area contributed by atoms with Crippen LogP contribution in [0.5, 0.6) is 0 Å². The van der Waals surface area contributed by atoms with Crippen LogP contribution in [-0.2, 0) is 0 Å². The highest BCUT2D eigenvalue weighted by Crippen LogP contribution is 2.33. The predicted molar refractivity (Wildman–Crippen MR) is 77.1 cm³/mol. The normalized spacial score (nSPS) is 11.6. The topological polar surface area (TPSA) is 71.5 Å². The molecular formula is C13H12ClN3OS. The number of amidine groups is 1. The van der Waals surface area contributed by atoms with Gasteiger partial charge in [-0.05, 0) is 25.1 Å². The summed E-state index contributed by atoms with van der Waals surface area (Å²) in [5, 5.41) is 12.7. The number of halogens is 1. The van der Waals surface area contributed by atoms with Crippen molar-refractivity contribution in [3.8, 4) is 0 Å². The molecule has 0 unspecified atom stereocenters. The van der Waals surface area contributed by atoms with Crippen LogP contribution in [0.25, 0.3) is 0 Å². The van der Waals surface area contributed by atoms with Gasteiger partial charge in [-0.15, -0.1) is 0 Å². The predicted octanol–water partition coefficient (Wildman–Crippen LogP) is 3.29. The minimum atomic E-state index is -0.0295. The number of aromatic nitrogens is 1. The summed E-state index contributed by atoms with van der Waals surface area (Å²) in [6.07, 6.45) is 1.58. The second-order valence-electron chi connectivity index (χ2n) is 3.88. The second-order valence-corrected chi connectivity index (χ2v) is 5.32. The van der Waals surface area contributed by atoms with E-state index in [1.807, 2.05) is 31.2 Å². The lowest BCUT2D eigenvalue weighted by Crippen LogP contribution is -2.14. The van der Waals surface area contributed by atoms with Crippen molar-refractivity contribution in [1.29, 1.82) is 0 Å². The minimum Gasteiger partial charge on any atom is -0.409 e. The van der Waals surface area contributed by atoms with E-state index in [0.29, 0.717) is 15.6 Å². The fraction of sp³-hybridized carbons (Fsp3) is 0.0769. The van der Waals surface area contributed by atoms with Crippen molar-refractivity contribution < 1.29 is 5.21 Å². The Morgan fingerprint density at radius 1 is 1.32 bits per heavy atom. The molecule has 2 aromatic rings. The Morgan fingerprint density at radius 3 is 2.63 bits per heavy atom. The SMILES string of the molecule is Cc1ccc(Sc2nccc(/C(N)=N/O)c2Cl)cc1. The third kappa shape index (κ3) is 3.19. The molecule has 0 saturated heterocycles. The molecular weight excluding hydrogens is 282 g/mol. The first-order valence-corrected chi connectivity index (χ1v) is 6.68. The molecule has 98 valence electrons. The summed E-state index contributed by atoms with van der Waals surface area (Å²) in [5.41, 5.74) is 7.21. The Labute approximate surface area is 120 Å². The number of aryl methyl sites for hydroxylation is 1. The van der Waals surface area contributed by atoms with Gasteiger partial charge in [0.05, 0.1) is 5.02 Å². The molecule has 6 heteroatoms. The monoisotopic (exact) mass is 293 g/mol. The van der Waals surface area contributed by atoms with Gasteiger partial charge in [0.2, 0.25) is 0 Å². The zero-order valence-corrected chi connectivity index (χ0v) is 11.7. The van der Waals surface area contributed by atoms with E-state index in [1.54, 1.807) is 12.3 Å². The first kappa shape index (κ1) is 13.7. The van der Waals surface area contributed by atoms with Crippen molar-refractivity contribution in [2.45, 2.75) is 16.8 Å². The zero-order valence-electron chi connectivity index (χ0n) is 10.2.